The van der Waals surface area contributed by atoms with Crippen molar-refractivity contribution in [2.75, 3.05) is 6.61 Å². The van der Waals surface area contributed by atoms with Crippen LogP contribution in [0, 0.1) is 5.92 Å². The molecular formula is C17H25ClO2. The first-order valence-corrected chi connectivity index (χ1v) is 7.52. The highest BCUT2D eigenvalue weighted by molar-refractivity contribution is 6.33. The standard InChI is InChI=1S/C17H25ClO2/c1-11(2)10-20-15-8-7-13(16(19)12(3)18)9-14(15)17(4,5)6/h7-9,11-12H,10H2,1-6H3. The van der Waals surface area contributed by atoms with Crippen LogP contribution in [0.25, 0.3) is 0 Å². The maximum absolute atomic E-state index is 12.0. The summed E-state index contributed by atoms with van der Waals surface area (Å²) in [4.78, 5) is 12.0. The number of hydrogen-bond acceptors (Lipinski definition) is 2. The Labute approximate surface area is 127 Å². The van der Waals surface area contributed by atoms with Crippen molar-refractivity contribution in [3.8, 4) is 5.75 Å². The average molecular weight is 297 g/mol. The molecule has 0 amide bonds. The predicted octanol–water partition coefficient (Wildman–Crippen LogP) is 4.83. The van der Waals surface area contributed by atoms with Gasteiger partial charge in [0, 0.05) is 11.1 Å². The second-order valence-corrected chi connectivity index (χ2v) is 7.30. The van der Waals surface area contributed by atoms with E-state index >= 15 is 0 Å². The smallest absolute Gasteiger partial charge is 0.180 e. The number of rotatable bonds is 5. The summed E-state index contributed by atoms with van der Waals surface area (Å²) in [6, 6.07) is 5.60. The zero-order valence-electron chi connectivity index (χ0n) is 13.3. The molecule has 1 aromatic rings. The molecule has 0 aliphatic rings. The van der Waals surface area contributed by atoms with E-state index in [-0.39, 0.29) is 11.2 Å². The van der Waals surface area contributed by atoms with Gasteiger partial charge in [-0.05, 0) is 36.5 Å². The number of halogens is 1. The molecule has 112 valence electrons. The van der Waals surface area contributed by atoms with Gasteiger partial charge in [0.1, 0.15) is 5.75 Å². The Kier molecular flexibility index (Phi) is 5.64. The van der Waals surface area contributed by atoms with Crippen molar-refractivity contribution in [3.05, 3.63) is 29.3 Å². The monoisotopic (exact) mass is 296 g/mol. The van der Waals surface area contributed by atoms with Crippen molar-refractivity contribution in [2.24, 2.45) is 5.92 Å². The first-order valence-electron chi connectivity index (χ1n) is 7.08. The second-order valence-electron chi connectivity index (χ2n) is 6.65. The zero-order valence-corrected chi connectivity index (χ0v) is 14.0. The van der Waals surface area contributed by atoms with Crippen molar-refractivity contribution in [2.45, 2.75) is 52.3 Å². The molecule has 3 heteroatoms. The lowest BCUT2D eigenvalue weighted by Crippen LogP contribution is -2.18. The Morgan fingerprint density at radius 3 is 2.30 bits per heavy atom. The highest BCUT2D eigenvalue weighted by Gasteiger charge is 2.22. The maximum atomic E-state index is 12.0. The van der Waals surface area contributed by atoms with E-state index in [0.717, 1.165) is 11.3 Å². The summed E-state index contributed by atoms with van der Waals surface area (Å²) in [6.07, 6.45) is 0. The van der Waals surface area contributed by atoms with Crippen LogP contribution in [0.2, 0.25) is 0 Å². The van der Waals surface area contributed by atoms with Crippen LogP contribution in [0.15, 0.2) is 18.2 Å². The molecule has 0 fully saturated rings. The van der Waals surface area contributed by atoms with Crippen LogP contribution in [0.5, 0.6) is 5.75 Å². The molecule has 2 nitrogen and oxygen atoms in total. The SMILES string of the molecule is CC(C)COc1ccc(C(=O)C(C)Cl)cc1C(C)(C)C. The summed E-state index contributed by atoms with van der Waals surface area (Å²) in [7, 11) is 0. The Morgan fingerprint density at radius 1 is 1.25 bits per heavy atom. The molecule has 0 N–H and O–H groups in total. The number of ether oxygens (including phenoxy) is 1. The molecule has 1 atom stereocenters. The minimum Gasteiger partial charge on any atom is -0.493 e. The van der Waals surface area contributed by atoms with Crippen molar-refractivity contribution in [1.29, 1.82) is 0 Å². The van der Waals surface area contributed by atoms with Gasteiger partial charge in [0.05, 0.1) is 12.0 Å². The second kappa shape index (κ2) is 6.62. The fourth-order valence-corrected chi connectivity index (χ4v) is 2.01. The number of hydrogen-bond donors (Lipinski definition) is 0. The van der Waals surface area contributed by atoms with E-state index < -0.39 is 5.38 Å². The third-order valence-corrected chi connectivity index (χ3v) is 3.20. The Morgan fingerprint density at radius 2 is 1.85 bits per heavy atom. The molecule has 0 aliphatic carbocycles. The summed E-state index contributed by atoms with van der Waals surface area (Å²) >= 11 is 5.89. The molecule has 0 saturated carbocycles. The number of carbonyl (C=O) groups is 1. The molecule has 1 aromatic carbocycles. The molecule has 0 saturated heterocycles. The van der Waals surface area contributed by atoms with Crippen LogP contribution in [0.4, 0.5) is 0 Å². The van der Waals surface area contributed by atoms with E-state index in [4.69, 9.17) is 16.3 Å². The highest BCUT2D eigenvalue weighted by atomic mass is 35.5. The Bertz CT molecular complexity index is 470. The molecule has 0 aromatic heterocycles. The van der Waals surface area contributed by atoms with Crippen molar-refractivity contribution < 1.29 is 9.53 Å². The predicted molar refractivity (Wildman–Crippen MR) is 85.1 cm³/mol. The summed E-state index contributed by atoms with van der Waals surface area (Å²) in [6.45, 7) is 12.9. The van der Waals surface area contributed by atoms with E-state index in [1.54, 1.807) is 13.0 Å². The zero-order chi connectivity index (χ0) is 15.5. The quantitative estimate of drug-likeness (QED) is 0.575. The molecule has 1 rings (SSSR count). The van der Waals surface area contributed by atoms with Gasteiger partial charge in [-0.3, -0.25) is 4.79 Å². The third-order valence-electron chi connectivity index (χ3n) is 3.01. The number of alkyl halides is 1. The van der Waals surface area contributed by atoms with E-state index in [2.05, 4.69) is 34.6 Å². The lowest BCUT2D eigenvalue weighted by atomic mass is 9.85. The van der Waals surface area contributed by atoms with Crippen LogP contribution in [0.3, 0.4) is 0 Å². The van der Waals surface area contributed by atoms with Crippen LogP contribution < -0.4 is 4.74 Å². The fourth-order valence-electron chi connectivity index (χ4n) is 1.88. The number of Topliss-reactive ketones (excluding diaryl/α,β-unsaturated/α-hetero) is 1. The van der Waals surface area contributed by atoms with Crippen molar-refractivity contribution >= 4 is 17.4 Å². The largest absolute Gasteiger partial charge is 0.493 e. The molecule has 20 heavy (non-hydrogen) atoms. The molecule has 0 radical (unpaired) electrons. The minimum atomic E-state index is -0.509. The van der Waals surface area contributed by atoms with Gasteiger partial charge >= 0.3 is 0 Å². The van der Waals surface area contributed by atoms with Gasteiger partial charge in [0.2, 0.25) is 0 Å². The van der Waals surface area contributed by atoms with E-state index in [1.165, 1.54) is 0 Å². The molecule has 0 bridgehead atoms. The van der Waals surface area contributed by atoms with Gasteiger partial charge in [-0.1, -0.05) is 34.6 Å². The van der Waals surface area contributed by atoms with Crippen molar-refractivity contribution in [1.82, 2.24) is 0 Å². The topological polar surface area (TPSA) is 26.3 Å². The van der Waals surface area contributed by atoms with Crippen LogP contribution >= 0.6 is 11.6 Å². The summed E-state index contributed by atoms with van der Waals surface area (Å²) in [5, 5.41) is -0.509. The maximum Gasteiger partial charge on any atom is 0.180 e. The van der Waals surface area contributed by atoms with Crippen molar-refractivity contribution in [3.63, 3.8) is 0 Å². The third kappa shape index (κ3) is 4.52. The van der Waals surface area contributed by atoms with Gasteiger partial charge in [0.15, 0.2) is 5.78 Å². The first-order chi connectivity index (χ1) is 9.12. The van der Waals surface area contributed by atoms with Crippen LogP contribution in [0.1, 0.15) is 57.5 Å². The number of carbonyl (C=O) groups excluding carboxylic acids is 1. The molecule has 0 spiro atoms. The summed E-state index contributed by atoms with van der Waals surface area (Å²) < 4.78 is 5.88. The Hall–Kier alpha value is -1.02. The number of ketones is 1. The van der Waals surface area contributed by atoms with Gasteiger partial charge in [-0.25, -0.2) is 0 Å². The van der Waals surface area contributed by atoms with E-state index in [1.807, 2.05) is 12.1 Å². The minimum absolute atomic E-state index is 0.0485. The normalized spacial score (nSPS) is 13.4. The molecular weight excluding hydrogens is 272 g/mol. The van der Waals surface area contributed by atoms with Gasteiger partial charge in [-0.15, -0.1) is 11.6 Å². The van der Waals surface area contributed by atoms with E-state index in [0.29, 0.717) is 18.1 Å². The average Bonchev–Trinajstić information content (AvgIpc) is 2.33. The van der Waals surface area contributed by atoms with Crippen LogP contribution in [-0.4, -0.2) is 17.8 Å². The van der Waals surface area contributed by atoms with Gasteiger partial charge in [-0.2, -0.15) is 0 Å². The lowest BCUT2D eigenvalue weighted by Gasteiger charge is -2.24. The lowest BCUT2D eigenvalue weighted by molar-refractivity contribution is 0.0991. The molecule has 0 aliphatic heterocycles. The summed E-state index contributed by atoms with van der Waals surface area (Å²) in [5.41, 5.74) is 1.61. The highest BCUT2D eigenvalue weighted by Crippen LogP contribution is 2.33. The van der Waals surface area contributed by atoms with E-state index in [9.17, 15) is 4.79 Å². The molecule has 1 unspecified atom stereocenters. The summed E-state index contributed by atoms with van der Waals surface area (Å²) in [5.74, 6) is 1.27. The Balaban J connectivity index is 3.17. The number of benzene rings is 1. The first kappa shape index (κ1) is 17.0. The fraction of sp³-hybridized carbons (Fsp3) is 0.588. The van der Waals surface area contributed by atoms with Gasteiger partial charge < -0.3 is 4.74 Å². The molecule has 0 heterocycles. The van der Waals surface area contributed by atoms with Gasteiger partial charge in [0.25, 0.3) is 0 Å². The van der Waals surface area contributed by atoms with Crippen LogP contribution in [-0.2, 0) is 5.41 Å².